The van der Waals surface area contributed by atoms with E-state index in [4.69, 9.17) is 4.74 Å². The van der Waals surface area contributed by atoms with Gasteiger partial charge in [0.25, 0.3) is 5.56 Å². The normalized spacial score (nSPS) is 11.1. The van der Waals surface area contributed by atoms with Crippen LogP contribution in [0.5, 0.6) is 0 Å². The molecule has 0 bridgehead atoms. The summed E-state index contributed by atoms with van der Waals surface area (Å²) in [6, 6.07) is 12.9. The summed E-state index contributed by atoms with van der Waals surface area (Å²) >= 11 is 1.10. The molecule has 35 heavy (non-hydrogen) atoms. The van der Waals surface area contributed by atoms with Crippen LogP contribution in [0.3, 0.4) is 0 Å². The number of ether oxygens (including phenoxy) is 1. The molecule has 0 aliphatic heterocycles. The van der Waals surface area contributed by atoms with E-state index in [1.807, 2.05) is 24.3 Å². The highest BCUT2D eigenvalue weighted by atomic mass is 32.1. The van der Waals surface area contributed by atoms with E-state index in [-0.39, 0.29) is 46.1 Å². The molecular weight excluding hydrogens is 471 g/mol. The summed E-state index contributed by atoms with van der Waals surface area (Å²) in [6.45, 7) is 1.77. The van der Waals surface area contributed by atoms with Crippen LogP contribution in [-0.2, 0) is 16.0 Å². The van der Waals surface area contributed by atoms with Gasteiger partial charge in [0.2, 0.25) is 5.91 Å². The second-order valence-electron chi connectivity index (χ2n) is 7.70. The Morgan fingerprint density at radius 1 is 1.17 bits per heavy atom. The minimum atomic E-state index is -0.725. The molecule has 0 unspecified atom stereocenters. The molecule has 0 saturated carbocycles. The SMILES string of the molecule is CCOC(=O)c1nn(-c2cccc(F)c2)c(=O)c2c(NC(=O)Cc3c[nH]c4ccccc34)scc12. The van der Waals surface area contributed by atoms with Crippen LogP contribution in [-0.4, -0.2) is 33.2 Å². The fraction of sp³-hybridized carbons (Fsp3) is 0.120. The zero-order chi connectivity index (χ0) is 24.5. The highest BCUT2D eigenvalue weighted by Gasteiger charge is 2.23. The Kier molecular flexibility index (Phi) is 5.87. The van der Waals surface area contributed by atoms with E-state index in [2.05, 4.69) is 15.4 Å². The number of hydrogen-bond acceptors (Lipinski definition) is 6. The van der Waals surface area contributed by atoms with Crippen molar-refractivity contribution in [3.05, 3.63) is 87.5 Å². The van der Waals surface area contributed by atoms with Crippen LogP contribution in [0.4, 0.5) is 9.39 Å². The number of benzene rings is 2. The van der Waals surface area contributed by atoms with Gasteiger partial charge in [-0.1, -0.05) is 24.3 Å². The molecule has 0 aliphatic rings. The second kappa shape index (κ2) is 9.15. The van der Waals surface area contributed by atoms with Crippen LogP contribution in [0.15, 0.2) is 64.9 Å². The van der Waals surface area contributed by atoms with Crippen molar-refractivity contribution in [2.75, 3.05) is 11.9 Å². The fourth-order valence-electron chi connectivity index (χ4n) is 3.90. The van der Waals surface area contributed by atoms with Crippen molar-refractivity contribution in [3.63, 3.8) is 0 Å². The van der Waals surface area contributed by atoms with Crippen LogP contribution < -0.4 is 10.9 Å². The van der Waals surface area contributed by atoms with Gasteiger partial charge in [0.05, 0.1) is 24.1 Å². The maximum atomic E-state index is 13.9. The molecule has 3 heterocycles. The van der Waals surface area contributed by atoms with Gasteiger partial charge in [0, 0.05) is 27.9 Å². The Morgan fingerprint density at radius 3 is 2.80 bits per heavy atom. The van der Waals surface area contributed by atoms with Crippen LogP contribution >= 0.6 is 11.3 Å². The molecule has 1 amide bonds. The number of fused-ring (bicyclic) bond motifs is 2. The van der Waals surface area contributed by atoms with E-state index in [1.54, 1.807) is 18.5 Å². The Bertz CT molecular complexity index is 1650. The van der Waals surface area contributed by atoms with Gasteiger partial charge in [0.1, 0.15) is 10.8 Å². The van der Waals surface area contributed by atoms with Gasteiger partial charge in [-0.05, 0) is 36.8 Å². The number of carbonyl (C=O) groups excluding carboxylic acids is 2. The fourth-order valence-corrected chi connectivity index (χ4v) is 4.85. The van der Waals surface area contributed by atoms with E-state index >= 15 is 0 Å². The molecule has 0 radical (unpaired) electrons. The number of thiophene rings is 1. The molecule has 0 atom stereocenters. The van der Waals surface area contributed by atoms with Gasteiger partial charge < -0.3 is 15.0 Å². The molecule has 2 N–H and O–H groups in total. The van der Waals surface area contributed by atoms with E-state index in [0.29, 0.717) is 0 Å². The molecule has 10 heteroatoms. The first-order valence-electron chi connectivity index (χ1n) is 10.8. The lowest BCUT2D eigenvalue weighted by Crippen LogP contribution is -2.25. The minimum absolute atomic E-state index is 0.0807. The highest BCUT2D eigenvalue weighted by Crippen LogP contribution is 2.31. The van der Waals surface area contributed by atoms with E-state index in [1.165, 1.54) is 18.2 Å². The van der Waals surface area contributed by atoms with E-state index in [9.17, 15) is 18.8 Å². The number of aromatic nitrogens is 3. The van der Waals surface area contributed by atoms with Crippen molar-refractivity contribution in [1.29, 1.82) is 0 Å². The van der Waals surface area contributed by atoms with Crippen LogP contribution in [0, 0.1) is 5.82 Å². The average Bonchev–Trinajstić information content (AvgIpc) is 3.44. The van der Waals surface area contributed by atoms with Crippen molar-refractivity contribution in [2.24, 2.45) is 0 Å². The highest BCUT2D eigenvalue weighted by molar-refractivity contribution is 7.16. The molecular formula is C25H19FN4O4S. The van der Waals surface area contributed by atoms with E-state index < -0.39 is 17.3 Å². The Balaban J connectivity index is 1.57. The number of para-hydroxylation sites is 1. The lowest BCUT2D eigenvalue weighted by Gasteiger charge is -2.10. The Hall–Kier alpha value is -4.31. The number of aromatic amines is 1. The van der Waals surface area contributed by atoms with Gasteiger partial charge >= 0.3 is 5.97 Å². The van der Waals surface area contributed by atoms with Crippen molar-refractivity contribution in [3.8, 4) is 5.69 Å². The summed E-state index contributed by atoms with van der Waals surface area (Å²) < 4.78 is 19.9. The summed E-state index contributed by atoms with van der Waals surface area (Å²) in [5.74, 6) is -1.62. The standard InChI is InChI=1S/C25H19FN4O4S/c1-2-34-25(33)22-18-13-35-23(21(18)24(32)30(29-22)16-7-5-6-15(26)11-16)28-20(31)10-14-12-27-19-9-4-3-8-17(14)19/h3-9,11-13,27H,2,10H2,1H3,(H,28,31). The number of carbonyl (C=O) groups is 2. The summed E-state index contributed by atoms with van der Waals surface area (Å²) in [6.07, 6.45) is 1.85. The zero-order valence-electron chi connectivity index (χ0n) is 18.5. The number of rotatable bonds is 6. The monoisotopic (exact) mass is 490 g/mol. The number of nitrogens with zero attached hydrogens (tertiary/aromatic N) is 2. The molecule has 3 aromatic heterocycles. The van der Waals surface area contributed by atoms with Crippen LogP contribution in [0.2, 0.25) is 0 Å². The molecule has 0 aliphatic carbocycles. The quantitative estimate of drug-likeness (QED) is 0.343. The van der Waals surface area contributed by atoms with Crippen molar-refractivity contribution >= 4 is 49.9 Å². The second-order valence-corrected chi connectivity index (χ2v) is 8.58. The number of hydrogen-bond donors (Lipinski definition) is 2. The van der Waals surface area contributed by atoms with Gasteiger partial charge in [-0.2, -0.15) is 9.78 Å². The number of amides is 1. The number of anilines is 1. The van der Waals surface area contributed by atoms with Crippen molar-refractivity contribution in [1.82, 2.24) is 14.8 Å². The van der Waals surface area contributed by atoms with Crippen molar-refractivity contribution in [2.45, 2.75) is 13.3 Å². The largest absolute Gasteiger partial charge is 0.461 e. The lowest BCUT2D eigenvalue weighted by molar-refractivity contribution is -0.115. The third kappa shape index (κ3) is 4.19. The first kappa shape index (κ1) is 22.5. The summed E-state index contributed by atoms with van der Waals surface area (Å²) in [4.78, 5) is 42.1. The molecule has 0 spiro atoms. The molecule has 176 valence electrons. The zero-order valence-corrected chi connectivity index (χ0v) is 19.3. The van der Waals surface area contributed by atoms with Gasteiger partial charge in [-0.15, -0.1) is 11.3 Å². The topological polar surface area (TPSA) is 106 Å². The Labute approximate surface area is 202 Å². The van der Waals surface area contributed by atoms with Gasteiger partial charge in [-0.25, -0.2) is 9.18 Å². The summed E-state index contributed by atoms with van der Waals surface area (Å²) in [7, 11) is 0. The first-order valence-corrected chi connectivity index (χ1v) is 11.7. The molecule has 5 aromatic rings. The number of esters is 1. The summed E-state index contributed by atoms with van der Waals surface area (Å²) in [5.41, 5.74) is 1.18. The predicted octanol–water partition coefficient (Wildman–Crippen LogP) is 4.43. The minimum Gasteiger partial charge on any atom is -0.461 e. The molecule has 0 saturated heterocycles. The van der Waals surface area contributed by atoms with Crippen LogP contribution in [0.25, 0.3) is 27.4 Å². The average molecular weight is 491 g/mol. The number of halogens is 1. The van der Waals surface area contributed by atoms with Gasteiger partial charge in [0.15, 0.2) is 5.69 Å². The van der Waals surface area contributed by atoms with Crippen LogP contribution in [0.1, 0.15) is 23.0 Å². The number of nitrogens with one attached hydrogen (secondary N) is 2. The summed E-state index contributed by atoms with van der Waals surface area (Å²) in [5, 5.41) is 10.1. The van der Waals surface area contributed by atoms with E-state index in [0.717, 1.165) is 38.6 Å². The maximum absolute atomic E-state index is 13.9. The molecule has 8 nitrogen and oxygen atoms in total. The third-order valence-electron chi connectivity index (χ3n) is 5.45. The van der Waals surface area contributed by atoms with Crippen molar-refractivity contribution < 1.29 is 18.7 Å². The molecule has 5 rings (SSSR count). The number of H-pyrrole nitrogens is 1. The predicted molar refractivity (Wildman–Crippen MR) is 132 cm³/mol. The Morgan fingerprint density at radius 2 is 2.00 bits per heavy atom. The third-order valence-corrected chi connectivity index (χ3v) is 6.35. The smallest absolute Gasteiger partial charge is 0.359 e. The lowest BCUT2D eigenvalue weighted by atomic mass is 10.1. The molecule has 2 aromatic carbocycles. The first-order chi connectivity index (χ1) is 17.0. The van der Waals surface area contributed by atoms with Gasteiger partial charge in [-0.3, -0.25) is 9.59 Å². The maximum Gasteiger partial charge on any atom is 0.359 e. The molecule has 0 fully saturated rings.